The third-order valence-corrected chi connectivity index (χ3v) is 3.56. The summed E-state index contributed by atoms with van der Waals surface area (Å²) in [4.78, 5) is 0. The van der Waals surface area contributed by atoms with Crippen molar-refractivity contribution in [2.45, 2.75) is 40.7 Å². The van der Waals surface area contributed by atoms with Gasteiger partial charge in [-0.1, -0.05) is 17.7 Å². The van der Waals surface area contributed by atoms with E-state index in [4.69, 9.17) is 0 Å². The van der Waals surface area contributed by atoms with Crippen molar-refractivity contribution in [2.24, 2.45) is 7.05 Å². The molecule has 0 aliphatic heterocycles. The first-order valence-electron chi connectivity index (χ1n) is 6.73. The second-order valence-corrected chi connectivity index (χ2v) is 5.48. The Bertz CT molecular complexity index is 573. The van der Waals surface area contributed by atoms with Gasteiger partial charge in [-0.15, -0.1) is 0 Å². The molecule has 2 rings (SSSR count). The topological polar surface area (TPSA) is 29.9 Å². The molecule has 0 aliphatic rings. The van der Waals surface area contributed by atoms with Crippen LogP contribution in [0.5, 0.6) is 0 Å². The Hall–Kier alpha value is -1.77. The number of nitrogens with one attached hydrogen (secondary N) is 1. The van der Waals surface area contributed by atoms with Crippen LogP contribution in [0.25, 0.3) is 0 Å². The smallest absolute Gasteiger partial charge is 0.0646 e. The summed E-state index contributed by atoms with van der Waals surface area (Å²) in [5.74, 6) is 0. The van der Waals surface area contributed by atoms with Crippen molar-refractivity contribution < 1.29 is 0 Å². The van der Waals surface area contributed by atoms with Gasteiger partial charge in [-0.2, -0.15) is 5.10 Å². The van der Waals surface area contributed by atoms with Crippen molar-refractivity contribution in [1.82, 2.24) is 9.78 Å². The minimum absolute atomic E-state index is 0.258. The van der Waals surface area contributed by atoms with E-state index in [1.54, 1.807) is 0 Å². The average molecular weight is 257 g/mol. The Labute approximate surface area is 115 Å². The summed E-state index contributed by atoms with van der Waals surface area (Å²) < 4.78 is 1.87. The van der Waals surface area contributed by atoms with Crippen LogP contribution in [0.3, 0.4) is 0 Å². The lowest BCUT2D eigenvalue weighted by Crippen LogP contribution is -2.09. The van der Waals surface area contributed by atoms with Crippen LogP contribution in [-0.2, 0) is 7.05 Å². The van der Waals surface area contributed by atoms with Crippen LogP contribution < -0.4 is 5.32 Å². The number of rotatable bonds is 3. The van der Waals surface area contributed by atoms with Gasteiger partial charge in [0.1, 0.15) is 0 Å². The van der Waals surface area contributed by atoms with Gasteiger partial charge in [-0.05, 0) is 45.7 Å². The third kappa shape index (κ3) is 2.80. The standard InChI is InChI=1S/C16H23N3/c1-10-7-11(2)16(12(3)8-10)17-13(4)15-9-19(6)18-14(15)5/h7-9,13,17H,1-6H3. The number of benzene rings is 1. The third-order valence-electron chi connectivity index (χ3n) is 3.56. The molecule has 0 bridgehead atoms. The van der Waals surface area contributed by atoms with E-state index < -0.39 is 0 Å². The molecular weight excluding hydrogens is 234 g/mol. The van der Waals surface area contributed by atoms with Crippen LogP contribution in [0.15, 0.2) is 18.3 Å². The summed E-state index contributed by atoms with van der Waals surface area (Å²) in [6, 6.07) is 4.70. The molecule has 3 nitrogen and oxygen atoms in total. The van der Waals surface area contributed by atoms with Gasteiger partial charge in [0, 0.05) is 24.5 Å². The van der Waals surface area contributed by atoms with Crippen LogP contribution in [0, 0.1) is 27.7 Å². The molecule has 102 valence electrons. The first-order chi connectivity index (χ1) is 8.88. The fraction of sp³-hybridized carbons (Fsp3) is 0.438. The monoisotopic (exact) mass is 257 g/mol. The van der Waals surface area contributed by atoms with E-state index in [-0.39, 0.29) is 6.04 Å². The lowest BCUT2D eigenvalue weighted by atomic mass is 10.0. The van der Waals surface area contributed by atoms with Crippen LogP contribution in [-0.4, -0.2) is 9.78 Å². The Kier molecular flexibility index (Phi) is 3.65. The molecule has 2 aromatic rings. The van der Waals surface area contributed by atoms with Crippen molar-refractivity contribution in [3.05, 3.63) is 46.3 Å². The maximum Gasteiger partial charge on any atom is 0.0646 e. The molecule has 0 saturated carbocycles. The second-order valence-electron chi connectivity index (χ2n) is 5.48. The van der Waals surface area contributed by atoms with Gasteiger partial charge in [-0.3, -0.25) is 4.68 Å². The maximum absolute atomic E-state index is 4.41. The summed E-state index contributed by atoms with van der Waals surface area (Å²) in [7, 11) is 1.96. The van der Waals surface area contributed by atoms with Crippen molar-refractivity contribution >= 4 is 5.69 Å². The predicted molar refractivity (Wildman–Crippen MR) is 80.6 cm³/mol. The molecule has 19 heavy (non-hydrogen) atoms. The fourth-order valence-corrected chi connectivity index (χ4v) is 2.74. The highest BCUT2D eigenvalue weighted by Gasteiger charge is 2.13. The number of nitrogens with zero attached hydrogens (tertiary/aromatic N) is 2. The maximum atomic E-state index is 4.41. The van der Waals surface area contributed by atoms with E-state index >= 15 is 0 Å². The highest BCUT2D eigenvalue weighted by molar-refractivity contribution is 5.59. The molecule has 0 spiro atoms. The lowest BCUT2D eigenvalue weighted by molar-refractivity contribution is 0.756. The molecule has 0 radical (unpaired) electrons. The minimum atomic E-state index is 0.258. The fourth-order valence-electron chi connectivity index (χ4n) is 2.74. The lowest BCUT2D eigenvalue weighted by Gasteiger charge is -2.19. The molecule has 0 aliphatic carbocycles. The minimum Gasteiger partial charge on any atom is -0.378 e. The number of hydrogen-bond acceptors (Lipinski definition) is 2. The zero-order chi connectivity index (χ0) is 14.2. The van der Waals surface area contributed by atoms with E-state index in [9.17, 15) is 0 Å². The van der Waals surface area contributed by atoms with Crippen LogP contribution >= 0.6 is 0 Å². The Balaban J connectivity index is 2.29. The van der Waals surface area contributed by atoms with Gasteiger partial charge in [0.05, 0.1) is 11.7 Å². The summed E-state index contributed by atoms with van der Waals surface area (Å²) in [5, 5.41) is 8.03. The number of aryl methyl sites for hydroxylation is 5. The van der Waals surface area contributed by atoms with E-state index in [0.29, 0.717) is 0 Å². The van der Waals surface area contributed by atoms with E-state index in [0.717, 1.165) is 5.69 Å². The summed E-state index contributed by atoms with van der Waals surface area (Å²) >= 11 is 0. The molecule has 1 aromatic heterocycles. The number of anilines is 1. The van der Waals surface area contributed by atoms with Gasteiger partial charge >= 0.3 is 0 Å². The number of aromatic nitrogens is 2. The van der Waals surface area contributed by atoms with Crippen LogP contribution in [0.2, 0.25) is 0 Å². The second kappa shape index (κ2) is 5.08. The molecule has 1 atom stereocenters. The zero-order valence-corrected chi connectivity index (χ0v) is 12.7. The Morgan fingerprint density at radius 2 is 1.68 bits per heavy atom. The number of hydrogen-bond donors (Lipinski definition) is 1. The van der Waals surface area contributed by atoms with Crippen molar-refractivity contribution in [2.75, 3.05) is 5.32 Å². The van der Waals surface area contributed by atoms with Crippen LogP contribution in [0.1, 0.15) is 40.9 Å². The molecule has 1 heterocycles. The quantitative estimate of drug-likeness (QED) is 0.905. The first kappa shape index (κ1) is 13.7. The normalized spacial score (nSPS) is 12.5. The van der Waals surface area contributed by atoms with Crippen molar-refractivity contribution in [1.29, 1.82) is 0 Å². The molecule has 0 amide bonds. The molecular formula is C16H23N3. The van der Waals surface area contributed by atoms with Gasteiger partial charge < -0.3 is 5.32 Å². The van der Waals surface area contributed by atoms with Crippen LogP contribution in [0.4, 0.5) is 5.69 Å². The van der Waals surface area contributed by atoms with Crippen molar-refractivity contribution in [3.63, 3.8) is 0 Å². The van der Waals surface area contributed by atoms with Gasteiger partial charge in [0.2, 0.25) is 0 Å². The van der Waals surface area contributed by atoms with Crippen molar-refractivity contribution in [3.8, 4) is 0 Å². The Morgan fingerprint density at radius 1 is 1.11 bits per heavy atom. The Morgan fingerprint density at radius 3 is 2.16 bits per heavy atom. The highest BCUT2D eigenvalue weighted by Crippen LogP contribution is 2.27. The summed E-state index contributed by atoms with van der Waals surface area (Å²) in [6.45, 7) is 10.7. The van der Waals surface area contributed by atoms with E-state index in [1.807, 2.05) is 11.7 Å². The van der Waals surface area contributed by atoms with Gasteiger partial charge in [0.15, 0.2) is 0 Å². The predicted octanol–water partition coefficient (Wildman–Crippen LogP) is 3.83. The molecule has 1 unspecified atom stereocenters. The molecule has 0 saturated heterocycles. The molecule has 1 N–H and O–H groups in total. The van der Waals surface area contributed by atoms with E-state index in [2.05, 4.69) is 63.4 Å². The zero-order valence-electron chi connectivity index (χ0n) is 12.7. The largest absolute Gasteiger partial charge is 0.378 e. The molecule has 1 aromatic carbocycles. The highest BCUT2D eigenvalue weighted by atomic mass is 15.3. The molecule has 3 heteroatoms. The first-order valence-corrected chi connectivity index (χ1v) is 6.73. The molecule has 0 fully saturated rings. The summed E-state index contributed by atoms with van der Waals surface area (Å²) in [5.41, 5.74) is 7.48. The van der Waals surface area contributed by atoms with Gasteiger partial charge in [-0.25, -0.2) is 0 Å². The average Bonchev–Trinajstić information content (AvgIpc) is 2.62. The van der Waals surface area contributed by atoms with E-state index in [1.165, 1.54) is 27.9 Å². The SMILES string of the molecule is Cc1cc(C)c(NC(C)c2cn(C)nc2C)c(C)c1. The summed E-state index contributed by atoms with van der Waals surface area (Å²) in [6.07, 6.45) is 2.09. The van der Waals surface area contributed by atoms with Gasteiger partial charge in [0.25, 0.3) is 0 Å².